The fourth-order valence-corrected chi connectivity index (χ4v) is 2.12. The van der Waals surface area contributed by atoms with Crippen molar-refractivity contribution in [1.29, 1.82) is 0 Å². The summed E-state index contributed by atoms with van der Waals surface area (Å²) in [6, 6.07) is 15.1. The van der Waals surface area contributed by atoms with Crippen molar-refractivity contribution in [2.75, 3.05) is 17.2 Å². The van der Waals surface area contributed by atoms with Gasteiger partial charge in [0.1, 0.15) is 18.1 Å². The lowest BCUT2D eigenvalue weighted by molar-refractivity contribution is -0.134. The van der Waals surface area contributed by atoms with Gasteiger partial charge in [0.25, 0.3) is 0 Å². The first-order valence-corrected chi connectivity index (χ1v) is 7.37. The second-order valence-electron chi connectivity index (χ2n) is 5.01. The molecule has 3 aromatic rings. The van der Waals surface area contributed by atoms with Gasteiger partial charge in [0.2, 0.25) is 5.95 Å². The lowest BCUT2D eigenvalue weighted by atomic mass is 10.1. The van der Waals surface area contributed by atoms with Crippen molar-refractivity contribution in [2.24, 2.45) is 0 Å². The van der Waals surface area contributed by atoms with E-state index >= 15 is 0 Å². The molecule has 3 N–H and O–H groups in total. The summed E-state index contributed by atoms with van der Waals surface area (Å²) in [4.78, 5) is 19.4. The summed E-state index contributed by atoms with van der Waals surface area (Å²) in [5.41, 5.74) is 1.61. The Hall–Kier alpha value is -3.35. The SMILES string of the molecule is O=C(O)CNc1nc(NCc2ccco2)cc(-c2ccccc2)n1. The van der Waals surface area contributed by atoms with Crippen LogP contribution in [0, 0.1) is 0 Å². The number of carboxylic acids is 1. The quantitative estimate of drug-likeness (QED) is 0.614. The molecule has 2 aromatic heterocycles. The molecule has 122 valence electrons. The molecule has 0 atom stereocenters. The number of nitrogens with one attached hydrogen (secondary N) is 2. The number of hydrogen-bond acceptors (Lipinski definition) is 6. The first kappa shape index (κ1) is 15.5. The Morgan fingerprint density at radius 3 is 2.62 bits per heavy atom. The molecule has 7 nitrogen and oxygen atoms in total. The predicted octanol–water partition coefficient (Wildman–Crippen LogP) is 2.85. The average Bonchev–Trinajstić information content (AvgIpc) is 3.12. The molecule has 0 spiro atoms. The first-order chi connectivity index (χ1) is 11.7. The van der Waals surface area contributed by atoms with Crippen molar-refractivity contribution in [3.05, 3.63) is 60.6 Å². The summed E-state index contributed by atoms with van der Waals surface area (Å²) in [5.74, 6) is 0.623. The number of benzene rings is 1. The Balaban J connectivity index is 1.85. The molecule has 3 rings (SSSR count). The van der Waals surface area contributed by atoms with Crippen LogP contribution in [-0.4, -0.2) is 27.6 Å². The van der Waals surface area contributed by atoms with Gasteiger partial charge >= 0.3 is 5.97 Å². The van der Waals surface area contributed by atoms with Crippen LogP contribution in [0.25, 0.3) is 11.3 Å². The number of rotatable bonds is 7. The van der Waals surface area contributed by atoms with Crippen LogP contribution < -0.4 is 10.6 Å². The minimum atomic E-state index is -0.978. The molecule has 0 bridgehead atoms. The fourth-order valence-electron chi connectivity index (χ4n) is 2.12. The summed E-state index contributed by atoms with van der Waals surface area (Å²) >= 11 is 0. The predicted molar refractivity (Wildman–Crippen MR) is 89.6 cm³/mol. The second kappa shape index (κ2) is 7.28. The van der Waals surface area contributed by atoms with Crippen molar-refractivity contribution < 1.29 is 14.3 Å². The molecular weight excluding hydrogens is 308 g/mol. The Labute approximate surface area is 138 Å². The lowest BCUT2D eigenvalue weighted by Crippen LogP contribution is -2.15. The molecule has 0 aliphatic heterocycles. The van der Waals surface area contributed by atoms with Gasteiger partial charge in [0.05, 0.1) is 18.5 Å². The fraction of sp³-hybridized carbons (Fsp3) is 0.118. The first-order valence-electron chi connectivity index (χ1n) is 7.37. The van der Waals surface area contributed by atoms with Crippen LogP contribution in [0.1, 0.15) is 5.76 Å². The van der Waals surface area contributed by atoms with Gasteiger partial charge in [-0.25, -0.2) is 4.98 Å². The number of hydrogen-bond donors (Lipinski definition) is 3. The highest BCUT2D eigenvalue weighted by Gasteiger charge is 2.08. The minimum Gasteiger partial charge on any atom is -0.480 e. The van der Waals surface area contributed by atoms with E-state index < -0.39 is 5.97 Å². The van der Waals surface area contributed by atoms with Crippen LogP contribution in [0.2, 0.25) is 0 Å². The monoisotopic (exact) mass is 324 g/mol. The normalized spacial score (nSPS) is 10.3. The highest BCUT2D eigenvalue weighted by molar-refractivity contribution is 5.72. The van der Waals surface area contributed by atoms with E-state index in [1.54, 1.807) is 6.26 Å². The highest BCUT2D eigenvalue weighted by Crippen LogP contribution is 2.21. The van der Waals surface area contributed by atoms with Crippen molar-refractivity contribution in [3.8, 4) is 11.3 Å². The molecule has 0 radical (unpaired) electrons. The van der Waals surface area contributed by atoms with Crippen LogP contribution in [0.4, 0.5) is 11.8 Å². The van der Waals surface area contributed by atoms with Gasteiger partial charge in [-0.05, 0) is 12.1 Å². The van der Waals surface area contributed by atoms with Gasteiger partial charge < -0.3 is 20.2 Å². The molecule has 24 heavy (non-hydrogen) atoms. The molecule has 2 heterocycles. The lowest BCUT2D eigenvalue weighted by Gasteiger charge is -2.10. The van der Waals surface area contributed by atoms with Gasteiger partial charge in [-0.15, -0.1) is 0 Å². The molecule has 0 amide bonds. The number of carboxylic acid groups (broad SMARTS) is 1. The molecule has 0 saturated carbocycles. The average molecular weight is 324 g/mol. The minimum absolute atomic E-state index is 0.251. The Kier molecular flexibility index (Phi) is 4.71. The summed E-state index contributed by atoms with van der Waals surface area (Å²) in [6.45, 7) is 0.215. The molecule has 1 aromatic carbocycles. The zero-order valence-electron chi connectivity index (χ0n) is 12.8. The van der Waals surface area contributed by atoms with Gasteiger partial charge in [-0.3, -0.25) is 4.79 Å². The summed E-state index contributed by atoms with van der Waals surface area (Å²) in [5, 5.41) is 14.7. The highest BCUT2D eigenvalue weighted by atomic mass is 16.4. The topological polar surface area (TPSA) is 100 Å². The van der Waals surface area contributed by atoms with E-state index in [0.29, 0.717) is 18.1 Å². The molecule has 0 aliphatic carbocycles. The van der Waals surface area contributed by atoms with Crippen molar-refractivity contribution in [2.45, 2.75) is 6.54 Å². The van der Waals surface area contributed by atoms with Crippen LogP contribution in [-0.2, 0) is 11.3 Å². The zero-order valence-corrected chi connectivity index (χ0v) is 12.8. The van der Waals surface area contributed by atoms with Crippen LogP contribution in [0.15, 0.2) is 59.2 Å². The van der Waals surface area contributed by atoms with Crippen molar-refractivity contribution in [3.63, 3.8) is 0 Å². The maximum Gasteiger partial charge on any atom is 0.322 e. The number of furan rings is 1. The summed E-state index contributed by atoms with van der Waals surface area (Å²) in [6.07, 6.45) is 1.60. The molecule has 7 heteroatoms. The molecule has 0 saturated heterocycles. The molecule has 0 fully saturated rings. The number of anilines is 2. The number of aliphatic carboxylic acids is 1. The third-order valence-corrected chi connectivity index (χ3v) is 3.22. The summed E-state index contributed by atoms with van der Waals surface area (Å²) in [7, 11) is 0. The van der Waals surface area contributed by atoms with E-state index in [2.05, 4.69) is 20.6 Å². The third kappa shape index (κ3) is 4.10. The molecule has 0 aliphatic rings. The Morgan fingerprint density at radius 2 is 1.92 bits per heavy atom. The van der Waals surface area contributed by atoms with E-state index in [1.165, 1.54) is 0 Å². The number of nitrogens with zero attached hydrogens (tertiary/aromatic N) is 2. The van der Waals surface area contributed by atoms with E-state index in [9.17, 15) is 4.79 Å². The smallest absolute Gasteiger partial charge is 0.322 e. The molecular formula is C17H16N4O3. The second-order valence-corrected chi connectivity index (χ2v) is 5.01. The third-order valence-electron chi connectivity index (χ3n) is 3.22. The number of carbonyl (C=O) groups is 1. The Bertz CT molecular complexity index is 804. The Morgan fingerprint density at radius 1 is 1.08 bits per heavy atom. The van der Waals surface area contributed by atoms with Crippen LogP contribution in [0.5, 0.6) is 0 Å². The van der Waals surface area contributed by atoms with Gasteiger partial charge in [-0.1, -0.05) is 30.3 Å². The van der Waals surface area contributed by atoms with E-state index in [1.807, 2.05) is 48.5 Å². The maximum absolute atomic E-state index is 10.7. The summed E-state index contributed by atoms with van der Waals surface area (Å²) < 4.78 is 5.28. The van der Waals surface area contributed by atoms with E-state index in [4.69, 9.17) is 9.52 Å². The van der Waals surface area contributed by atoms with Crippen LogP contribution >= 0.6 is 0 Å². The largest absolute Gasteiger partial charge is 0.480 e. The maximum atomic E-state index is 10.7. The number of aromatic nitrogens is 2. The van der Waals surface area contributed by atoms with Crippen LogP contribution in [0.3, 0.4) is 0 Å². The van der Waals surface area contributed by atoms with Crippen molar-refractivity contribution in [1.82, 2.24) is 9.97 Å². The van der Waals surface area contributed by atoms with Gasteiger partial charge in [0.15, 0.2) is 0 Å². The van der Waals surface area contributed by atoms with Gasteiger partial charge in [-0.2, -0.15) is 4.98 Å². The van der Waals surface area contributed by atoms with E-state index in [-0.39, 0.29) is 12.5 Å². The van der Waals surface area contributed by atoms with E-state index in [0.717, 1.165) is 11.3 Å². The standard InChI is InChI=1S/C17H16N4O3/c22-16(23)11-19-17-20-14(12-5-2-1-3-6-12)9-15(21-17)18-10-13-7-4-8-24-13/h1-9H,10-11H2,(H,22,23)(H2,18,19,20,21). The van der Waals surface area contributed by atoms with Crippen molar-refractivity contribution >= 4 is 17.7 Å². The van der Waals surface area contributed by atoms with Gasteiger partial charge in [0, 0.05) is 11.6 Å². The molecule has 0 unspecified atom stereocenters. The zero-order chi connectivity index (χ0) is 16.8.